The zero-order chi connectivity index (χ0) is 15.4. The van der Waals surface area contributed by atoms with Gasteiger partial charge >= 0.3 is 5.97 Å². The van der Waals surface area contributed by atoms with Crippen molar-refractivity contribution in [1.29, 1.82) is 0 Å². The van der Waals surface area contributed by atoms with E-state index < -0.39 is 11.2 Å². The Labute approximate surface area is 128 Å². The molecule has 0 radical (unpaired) electrons. The van der Waals surface area contributed by atoms with Crippen LogP contribution in [0.1, 0.15) is 34.6 Å². The van der Waals surface area contributed by atoms with Crippen LogP contribution in [0.5, 0.6) is 0 Å². The van der Waals surface area contributed by atoms with Crippen LogP contribution >= 0.6 is 11.6 Å². The van der Waals surface area contributed by atoms with Crippen LogP contribution in [0.3, 0.4) is 0 Å². The lowest BCUT2D eigenvalue weighted by molar-refractivity contribution is 0.0378. The maximum atomic E-state index is 12.2. The zero-order valence-electron chi connectivity index (χ0n) is 11.8. The first-order chi connectivity index (χ1) is 10.0. The van der Waals surface area contributed by atoms with Gasteiger partial charge in [-0.25, -0.2) is 4.79 Å². The largest absolute Gasteiger partial charge is 0.459 e. The molecule has 0 bridgehead atoms. The molecule has 0 saturated heterocycles. The van der Waals surface area contributed by atoms with Gasteiger partial charge in [0, 0.05) is 5.56 Å². The van der Waals surface area contributed by atoms with Gasteiger partial charge in [0.05, 0.1) is 11.7 Å². The van der Waals surface area contributed by atoms with E-state index in [1.54, 1.807) is 62.4 Å². The van der Waals surface area contributed by atoms with Crippen molar-refractivity contribution in [3.8, 4) is 11.1 Å². The van der Waals surface area contributed by atoms with Crippen molar-refractivity contribution in [3.63, 3.8) is 0 Å². The van der Waals surface area contributed by atoms with Crippen molar-refractivity contribution in [2.45, 2.75) is 20.0 Å². The van der Waals surface area contributed by atoms with E-state index in [2.05, 4.69) is 0 Å². The van der Waals surface area contributed by atoms with Crippen molar-refractivity contribution >= 4 is 22.8 Å². The Bertz CT molecular complexity index is 677. The highest BCUT2D eigenvalue weighted by atomic mass is 35.5. The Balaban J connectivity index is 2.56. The molecule has 0 aliphatic rings. The average Bonchev–Trinajstić information content (AvgIpc) is 2.46. The van der Waals surface area contributed by atoms with Gasteiger partial charge < -0.3 is 4.74 Å². The topological polar surface area (TPSA) is 43.4 Å². The summed E-state index contributed by atoms with van der Waals surface area (Å²) in [5.41, 5.74) is 2.03. The minimum absolute atomic E-state index is 0.213. The van der Waals surface area contributed by atoms with Crippen LogP contribution in [0.25, 0.3) is 11.1 Å². The summed E-state index contributed by atoms with van der Waals surface area (Å²) in [5, 5.41) is -0.558. The normalized spacial score (nSPS) is 10.5. The molecule has 0 aliphatic carbocycles. The SMILES string of the molecule is CC(C)OC(=O)c1ccccc1-c1ccccc1C(=O)Cl. The third-order valence-corrected chi connectivity index (χ3v) is 3.12. The van der Waals surface area contributed by atoms with Crippen LogP contribution in [-0.2, 0) is 4.74 Å². The van der Waals surface area contributed by atoms with E-state index in [9.17, 15) is 9.59 Å². The molecule has 0 atom stereocenters. The molecule has 3 nitrogen and oxygen atoms in total. The molecule has 2 rings (SSSR count). The molecule has 0 N–H and O–H groups in total. The van der Waals surface area contributed by atoms with Crippen LogP contribution in [-0.4, -0.2) is 17.3 Å². The molecule has 2 aromatic carbocycles. The average molecular weight is 303 g/mol. The van der Waals surface area contributed by atoms with Gasteiger partial charge in [0.1, 0.15) is 0 Å². The fraction of sp³-hybridized carbons (Fsp3) is 0.176. The lowest BCUT2D eigenvalue weighted by atomic mass is 9.96. The minimum atomic E-state index is -0.558. The summed E-state index contributed by atoms with van der Waals surface area (Å²) in [5.74, 6) is -0.419. The molecule has 0 fully saturated rings. The Morgan fingerprint density at radius 3 is 1.90 bits per heavy atom. The predicted octanol–water partition coefficient (Wildman–Crippen LogP) is 4.30. The zero-order valence-corrected chi connectivity index (χ0v) is 12.6. The maximum Gasteiger partial charge on any atom is 0.339 e. The summed E-state index contributed by atoms with van der Waals surface area (Å²) < 4.78 is 5.24. The number of benzene rings is 2. The summed E-state index contributed by atoms with van der Waals surface area (Å²) in [7, 11) is 0. The second kappa shape index (κ2) is 6.55. The fourth-order valence-electron chi connectivity index (χ4n) is 2.06. The van der Waals surface area contributed by atoms with Crippen molar-refractivity contribution in [3.05, 3.63) is 59.7 Å². The molecule has 0 aromatic heterocycles. The van der Waals surface area contributed by atoms with E-state index in [-0.39, 0.29) is 6.10 Å². The van der Waals surface area contributed by atoms with E-state index in [1.807, 2.05) is 0 Å². The Morgan fingerprint density at radius 2 is 1.38 bits per heavy atom. The molecule has 21 heavy (non-hydrogen) atoms. The van der Waals surface area contributed by atoms with Gasteiger partial charge in [-0.2, -0.15) is 0 Å². The molecule has 0 unspecified atom stereocenters. The molecule has 0 saturated carbocycles. The van der Waals surface area contributed by atoms with Gasteiger partial charge in [0.2, 0.25) is 0 Å². The number of carbonyl (C=O) groups is 2. The van der Waals surface area contributed by atoms with Crippen molar-refractivity contribution in [2.75, 3.05) is 0 Å². The lowest BCUT2D eigenvalue weighted by Crippen LogP contribution is -2.13. The van der Waals surface area contributed by atoms with E-state index in [1.165, 1.54) is 0 Å². The molecule has 0 heterocycles. The molecule has 0 spiro atoms. The Morgan fingerprint density at radius 1 is 0.905 bits per heavy atom. The summed E-state index contributed by atoms with van der Waals surface area (Å²) in [6, 6.07) is 13.9. The quantitative estimate of drug-likeness (QED) is 0.625. The lowest BCUT2D eigenvalue weighted by Gasteiger charge is -2.13. The van der Waals surface area contributed by atoms with E-state index in [0.717, 1.165) is 0 Å². The summed E-state index contributed by atoms with van der Waals surface area (Å²) >= 11 is 5.62. The van der Waals surface area contributed by atoms with Gasteiger partial charge in [0.15, 0.2) is 0 Å². The van der Waals surface area contributed by atoms with Crippen LogP contribution < -0.4 is 0 Å². The smallest absolute Gasteiger partial charge is 0.339 e. The van der Waals surface area contributed by atoms with E-state index in [4.69, 9.17) is 16.3 Å². The molecular weight excluding hydrogens is 288 g/mol. The van der Waals surface area contributed by atoms with Gasteiger partial charge in [-0.15, -0.1) is 0 Å². The van der Waals surface area contributed by atoms with Crippen molar-refractivity contribution < 1.29 is 14.3 Å². The van der Waals surface area contributed by atoms with Crippen LogP contribution in [0.15, 0.2) is 48.5 Å². The second-order valence-electron chi connectivity index (χ2n) is 4.82. The summed E-state index contributed by atoms with van der Waals surface area (Å²) in [6.07, 6.45) is -0.213. The van der Waals surface area contributed by atoms with Crippen molar-refractivity contribution in [1.82, 2.24) is 0 Å². The first-order valence-corrected chi connectivity index (χ1v) is 6.97. The second-order valence-corrected chi connectivity index (χ2v) is 5.16. The number of hydrogen-bond acceptors (Lipinski definition) is 3. The first kappa shape index (κ1) is 15.3. The third-order valence-electron chi connectivity index (χ3n) is 2.92. The number of hydrogen-bond donors (Lipinski definition) is 0. The maximum absolute atomic E-state index is 12.2. The van der Waals surface area contributed by atoms with Crippen LogP contribution in [0.2, 0.25) is 0 Å². The van der Waals surface area contributed by atoms with E-state index in [0.29, 0.717) is 22.3 Å². The van der Waals surface area contributed by atoms with Crippen molar-refractivity contribution in [2.24, 2.45) is 0 Å². The number of carbonyl (C=O) groups excluding carboxylic acids is 2. The highest BCUT2D eigenvalue weighted by Crippen LogP contribution is 2.28. The molecular formula is C17H15ClO3. The molecule has 2 aromatic rings. The molecule has 4 heteroatoms. The first-order valence-electron chi connectivity index (χ1n) is 6.60. The van der Waals surface area contributed by atoms with Gasteiger partial charge in [0.25, 0.3) is 5.24 Å². The Kier molecular flexibility index (Phi) is 4.76. The fourth-order valence-corrected chi connectivity index (χ4v) is 2.23. The van der Waals surface area contributed by atoms with Crippen LogP contribution in [0.4, 0.5) is 0 Å². The number of halogens is 1. The highest BCUT2D eigenvalue weighted by molar-refractivity contribution is 6.68. The minimum Gasteiger partial charge on any atom is -0.459 e. The van der Waals surface area contributed by atoms with Gasteiger partial charge in [-0.05, 0) is 48.7 Å². The highest BCUT2D eigenvalue weighted by Gasteiger charge is 2.18. The number of ether oxygens (including phenoxy) is 1. The number of esters is 1. The standard InChI is InChI=1S/C17H15ClO3/c1-11(2)21-17(20)15-10-6-4-8-13(15)12-7-3-5-9-14(12)16(18)19/h3-11H,1-2H3. The molecule has 0 amide bonds. The van der Waals surface area contributed by atoms with Gasteiger partial charge in [-0.1, -0.05) is 36.4 Å². The molecule has 0 aliphatic heterocycles. The third kappa shape index (κ3) is 3.50. The predicted molar refractivity (Wildman–Crippen MR) is 82.6 cm³/mol. The number of rotatable bonds is 4. The van der Waals surface area contributed by atoms with Crippen LogP contribution in [0, 0.1) is 0 Å². The van der Waals surface area contributed by atoms with Gasteiger partial charge in [-0.3, -0.25) is 4.79 Å². The monoisotopic (exact) mass is 302 g/mol. The summed E-state index contributed by atoms with van der Waals surface area (Å²) in [4.78, 5) is 23.7. The molecule has 108 valence electrons. The summed E-state index contributed by atoms with van der Waals surface area (Å²) in [6.45, 7) is 3.58. The van der Waals surface area contributed by atoms with E-state index >= 15 is 0 Å². The Hall–Kier alpha value is -2.13.